The highest BCUT2D eigenvalue weighted by Gasteiger charge is 2.33. The number of benzene rings is 3. The normalized spacial score (nSPS) is 20.0. The van der Waals surface area contributed by atoms with Crippen molar-refractivity contribution in [3.8, 4) is 11.5 Å². The van der Waals surface area contributed by atoms with Gasteiger partial charge in [0.15, 0.2) is 11.6 Å². The van der Waals surface area contributed by atoms with Crippen LogP contribution in [0.3, 0.4) is 0 Å². The maximum Gasteiger partial charge on any atom is 0.338 e. The number of esters is 1. The first-order valence-electron chi connectivity index (χ1n) is 14.0. The van der Waals surface area contributed by atoms with Crippen LogP contribution in [-0.4, -0.2) is 67.3 Å². The Morgan fingerprint density at radius 2 is 1.19 bits per heavy atom. The summed E-state index contributed by atoms with van der Waals surface area (Å²) in [6, 6.07) is 22.7. The van der Waals surface area contributed by atoms with Crippen molar-refractivity contribution in [3.05, 3.63) is 95.6 Å². The highest BCUT2D eigenvalue weighted by molar-refractivity contribution is 5.89. The number of carboxylic acids is 1. The molecule has 2 aliphatic heterocycles. The minimum atomic E-state index is -0.948. The van der Waals surface area contributed by atoms with Crippen molar-refractivity contribution < 1.29 is 47.9 Å². The summed E-state index contributed by atoms with van der Waals surface area (Å²) in [5.41, 5.74) is 1.69. The molecule has 1 N–H and O–H groups in total. The topological polar surface area (TPSA) is 119 Å². The molecule has 3 aromatic carbocycles. The zero-order valence-electron chi connectivity index (χ0n) is 24.8. The van der Waals surface area contributed by atoms with Crippen LogP contribution in [0, 0.1) is 0 Å². The molecule has 0 radical (unpaired) electrons. The second-order valence-electron chi connectivity index (χ2n) is 10.9. The highest BCUT2D eigenvalue weighted by Crippen LogP contribution is 2.24. The van der Waals surface area contributed by atoms with Gasteiger partial charge in [-0.3, -0.25) is 0 Å². The van der Waals surface area contributed by atoms with Gasteiger partial charge in [0.25, 0.3) is 0 Å². The van der Waals surface area contributed by atoms with Gasteiger partial charge < -0.3 is 38.3 Å². The van der Waals surface area contributed by atoms with Gasteiger partial charge >= 0.3 is 11.9 Å². The van der Waals surface area contributed by atoms with Gasteiger partial charge in [-0.05, 0) is 81.8 Å². The van der Waals surface area contributed by atoms with Crippen LogP contribution >= 0.6 is 0 Å². The minimum Gasteiger partial charge on any atom is -0.491 e. The summed E-state index contributed by atoms with van der Waals surface area (Å²) >= 11 is 0. The first-order chi connectivity index (χ1) is 20.5. The third-order valence-electron chi connectivity index (χ3n) is 6.41. The van der Waals surface area contributed by atoms with Gasteiger partial charge in [-0.1, -0.05) is 30.3 Å². The average molecular weight is 595 g/mol. The predicted octanol–water partition coefficient (Wildman–Crippen LogP) is 5.49. The number of carboxylic acid groups (broad SMARTS) is 1. The van der Waals surface area contributed by atoms with Crippen molar-refractivity contribution in [1.29, 1.82) is 0 Å². The number of ether oxygens (including phenoxy) is 7. The first kappa shape index (κ1) is 32.0. The Labute approximate surface area is 251 Å². The lowest BCUT2D eigenvalue weighted by Crippen LogP contribution is -2.25. The molecule has 2 atom stereocenters. The van der Waals surface area contributed by atoms with Crippen molar-refractivity contribution in [3.63, 3.8) is 0 Å². The maximum absolute atomic E-state index is 12.1. The molecule has 0 amide bonds. The maximum atomic E-state index is 12.1. The van der Waals surface area contributed by atoms with Crippen LogP contribution in [0.15, 0.2) is 78.9 Å². The van der Waals surface area contributed by atoms with Crippen molar-refractivity contribution in [2.75, 3.05) is 26.4 Å². The summed E-state index contributed by atoms with van der Waals surface area (Å²) in [6.45, 7) is 9.52. The molecule has 5 rings (SSSR count). The van der Waals surface area contributed by atoms with Gasteiger partial charge in [-0.15, -0.1) is 0 Å². The molecule has 0 spiro atoms. The molecule has 10 nitrogen and oxygen atoms in total. The Balaban J connectivity index is 0.000000208. The lowest BCUT2D eigenvalue weighted by molar-refractivity contribution is -0.141. The number of hydrogen-bond acceptors (Lipinski definition) is 9. The van der Waals surface area contributed by atoms with Gasteiger partial charge in [0.05, 0.1) is 24.3 Å². The lowest BCUT2D eigenvalue weighted by Gasteiger charge is -2.17. The standard InChI is InChI=1S/C20H22O5.C13H16O5/c1-20(2)24-14-18(25-20)13-22-17-10-8-16(9-11-17)19(21)23-12-15-6-4-3-5-7-15;1-13(2)17-8-11(18-13)7-16-10-5-3-9(4-6-10)12(14)15/h3-11,18H,12-14H2,1-2H3;3-6,11H,7-8H2,1-2H3,(H,14,15)/t18-;11-/m11/s1. The average Bonchev–Trinajstić information content (AvgIpc) is 3.54. The van der Waals surface area contributed by atoms with E-state index < -0.39 is 17.5 Å². The van der Waals surface area contributed by atoms with Gasteiger partial charge in [-0.25, -0.2) is 9.59 Å². The molecule has 2 aliphatic rings. The molecule has 0 saturated carbocycles. The van der Waals surface area contributed by atoms with E-state index in [1.807, 2.05) is 58.0 Å². The monoisotopic (exact) mass is 594 g/mol. The van der Waals surface area contributed by atoms with Gasteiger partial charge in [0, 0.05) is 0 Å². The molecule has 3 aromatic rings. The fraction of sp³-hybridized carbons (Fsp3) is 0.394. The fourth-order valence-corrected chi connectivity index (χ4v) is 4.26. The summed E-state index contributed by atoms with van der Waals surface area (Å²) in [6.07, 6.45) is -0.190. The third kappa shape index (κ3) is 10.4. The molecule has 2 fully saturated rings. The van der Waals surface area contributed by atoms with Crippen LogP contribution in [0.5, 0.6) is 11.5 Å². The quantitative estimate of drug-likeness (QED) is 0.302. The van der Waals surface area contributed by atoms with Crippen molar-refractivity contribution in [2.24, 2.45) is 0 Å². The summed E-state index contributed by atoms with van der Waals surface area (Å²) in [4.78, 5) is 22.7. The SMILES string of the molecule is CC1(C)OC[C@@H](COc2ccc(C(=O)O)cc2)O1.CC1(C)OC[C@@H](COc2ccc(C(=O)OCc3ccccc3)cc2)O1. The minimum absolute atomic E-state index is 0.0921. The molecule has 0 bridgehead atoms. The molecule has 0 aromatic heterocycles. The van der Waals surface area contributed by atoms with Gasteiger partial charge in [-0.2, -0.15) is 0 Å². The fourth-order valence-electron chi connectivity index (χ4n) is 4.26. The summed E-state index contributed by atoms with van der Waals surface area (Å²) in [5, 5.41) is 8.76. The molecular formula is C33H38O10. The predicted molar refractivity (Wildman–Crippen MR) is 156 cm³/mol. The van der Waals surface area contributed by atoms with E-state index in [9.17, 15) is 9.59 Å². The molecule has 2 heterocycles. The van der Waals surface area contributed by atoms with Crippen molar-refractivity contribution in [2.45, 2.75) is 58.1 Å². The molecular weight excluding hydrogens is 556 g/mol. The number of aromatic carboxylic acids is 1. The van der Waals surface area contributed by atoms with Crippen LogP contribution < -0.4 is 9.47 Å². The second-order valence-corrected chi connectivity index (χ2v) is 10.9. The highest BCUT2D eigenvalue weighted by atomic mass is 16.8. The second kappa shape index (κ2) is 14.5. The van der Waals surface area contributed by atoms with Crippen LogP contribution in [0.2, 0.25) is 0 Å². The zero-order valence-corrected chi connectivity index (χ0v) is 24.8. The van der Waals surface area contributed by atoms with Crippen LogP contribution in [0.25, 0.3) is 0 Å². The smallest absolute Gasteiger partial charge is 0.338 e. The van der Waals surface area contributed by atoms with Crippen LogP contribution in [0.4, 0.5) is 0 Å². The summed E-state index contributed by atoms with van der Waals surface area (Å²) in [7, 11) is 0. The first-order valence-corrected chi connectivity index (χ1v) is 14.0. The van der Waals surface area contributed by atoms with Crippen molar-refractivity contribution in [1.82, 2.24) is 0 Å². The Morgan fingerprint density at radius 3 is 1.60 bits per heavy atom. The zero-order chi connectivity index (χ0) is 30.9. The van der Waals surface area contributed by atoms with Crippen LogP contribution in [-0.2, 0) is 30.3 Å². The van der Waals surface area contributed by atoms with E-state index in [-0.39, 0.29) is 30.3 Å². The van der Waals surface area contributed by atoms with E-state index in [4.69, 9.17) is 38.3 Å². The Bertz CT molecular complexity index is 1320. The Hall–Kier alpha value is -3.96. The summed E-state index contributed by atoms with van der Waals surface area (Å²) in [5.74, 6) is -1.12. The van der Waals surface area contributed by atoms with Crippen molar-refractivity contribution >= 4 is 11.9 Å². The summed E-state index contributed by atoms with van der Waals surface area (Å²) < 4.78 is 38.7. The van der Waals surface area contributed by atoms with Gasteiger partial charge in [0.2, 0.25) is 0 Å². The van der Waals surface area contributed by atoms with E-state index in [1.165, 1.54) is 12.1 Å². The molecule has 2 saturated heterocycles. The number of rotatable bonds is 10. The van der Waals surface area contributed by atoms with E-state index >= 15 is 0 Å². The largest absolute Gasteiger partial charge is 0.491 e. The van der Waals surface area contributed by atoms with Gasteiger partial charge in [0.1, 0.15) is 43.5 Å². The number of carbonyl (C=O) groups excluding carboxylic acids is 1. The third-order valence-corrected chi connectivity index (χ3v) is 6.41. The van der Waals surface area contributed by atoms with E-state index in [2.05, 4.69) is 0 Å². The molecule has 0 unspecified atom stereocenters. The lowest BCUT2D eigenvalue weighted by atomic mass is 10.2. The Morgan fingerprint density at radius 1 is 0.721 bits per heavy atom. The number of carbonyl (C=O) groups is 2. The number of hydrogen-bond donors (Lipinski definition) is 1. The van der Waals surface area contributed by atoms with E-state index in [0.29, 0.717) is 43.5 Å². The molecule has 230 valence electrons. The van der Waals surface area contributed by atoms with Crippen LogP contribution in [0.1, 0.15) is 54.0 Å². The molecule has 43 heavy (non-hydrogen) atoms. The molecule has 0 aliphatic carbocycles. The molecule has 10 heteroatoms. The Kier molecular flexibility index (Phi) is 10.8. The van der Waals surface area contributed by atoms with E-state index in [1.54, 1.807) is 36.4 Å². The van der Waals surface area contributed by atoms with E-state index in [0.717, 1.165) is 5.56 Å².